The highest BCUT2D eigenvalue weighted by atomic mass is 32.1. The van der Waals surface area contributed by atoms with Crippen LogP contribution in [0.4, 0.5) is 0 Å². The Morgan fingerprint density at radius 2 is 2.03 bits per heavy atom. The fraction of sp³-hybridized carbons (Fsp3) is 0.458. The van der Waals surface area contributed by atoms with Crippen molar-refractivity contribution in [3.05, 3.63) is 57.1 Å². The minimum Gasteiger partial charge on any atom is -0.497 e. The SMILES string of the molecule is COc1ccc(Cn2c(=O)n3ncnc3c3c4c(sc32)CCN(CC2CCOCC2)C4)cc1. The van der Waals surface area contributed by atoms with Crippen LogP contribution in [-0.4, -0.2) is 57.5 Å². The molecule has 6 rings (SSSR count). The number of aromatic nitrogens is 4. The smallest absolute Gasteiger partial charge is 0.352 e. The summed E-state index contributed by atoms with van der Waals surface area (Å²) in [6.45, 7) is 5.31. The van der Waals surface area contributed by atoms with E-state index in [0.29, 0.717) is 18.1 Å². The summed E-state index contributed by atoms with van der Waals surface area (Å²) in [7, 11) is 1.66. The molecule has 0 N–H and O–H groups in total. The maximum Gasteiger partial charge on any atom is 0.352 e. The number of hydrogen-bond donors (Lipinski definition) is 0. The van der Waals surface area contributed by atoms with Crippen LogP contribution in [0.2, 0.25) is 0 Å². The van der Waals surface area contributed by atoms with Gasteiger partial charge in [-0.05, 0) is 48.4 Å². The molecule has 3 aromatic heterocycles. The number of ether oxygens (including phenoxy) is 2. The van der Waals surface area contributed by atoms with E-state index in [1.54, 1.807) is 18.4 Å². The van der Waals surface area contributed by atoms with Gasteiger partial charge in [0, 0.05) is 37.7 Å². The Balaban J connectivity index is 1.41. The fourth-order valence-electron chi connectivity index (χ4n) is 5.11. The van der Waals surface area contributed by atoms with Gasteiger partial charge in [0.2, 0.25) is 0 Å². The largest absolute Gasteiger partial charge is 0.497 e. The van der Waals surface area contributed by atoms with Crippen LogP contribution in [0.5, 0.6) is 5.75 Å². The van der Waals surface area contributed by atoms with Gasteiger partial charge in [-0.25, -0.2) is 9.78 Å². The van der Waals surface area contributed by atoms with Crippen molar-refractivity contribution in [3.63, 3.8) is 0 Å². The van der Waals surface area contributed by atoms with E-state index in [-0.39, 0.29) is 5.69 Å². The summed E-state index contributed by atoms with van der Waals surface area (Å²) in [6, 6.07) is 7.87. The molecule has 4 aromatic rings. The molecule has 1 aromatic carbocycles. The van der Waals surface area contributed by atoms with E-state index >= 15 is 0 Å². The Hall–Kier alpha value is -2.75. The molecule has 1 saturated heterocycles. The zero-order valence-electron chi connectivity index (χ0n) is 18.7. The Labute approximate surface area is 195 Å². The summed E-state index contributed by atoms with van der Waals surface area (Å²) in [5.41, 5.74) is 2.89. The molecule has 8 nitrogen and oxygen atoms in total. The normalized spacial score (nSPS) is 17.6. The second-order valence-corrected chi connectivity index (χ2v) is 10.0. The van der Waals surface area contributed by atoms with Crippen LogP contribution in [0.25, 0.3) is 15.9 Å². The van der Waals surface area contributed by atoms with Crippen molar-refractivity contribution in [2.24, 2.45) is 5.92 Å². The zero-order valence-corrected chi connectivity index (χ0v) is 19.5. The van der Waals surface area contributed by atoms with Crippen LogP contribution in [0, 0.1) is 5.92 Å². The van der Waals surface area contributed by atoms with Crippen molar-refractivity contribution < 1.29 is 9.47 Å². The number of nitrogens with zero attached hydrogens (tertiary/aromatic N) is 5. The maximum absolute atomic E-state index is 13.4. The lowest BCUT2D eigenvalue weighted by atomic mass is 9.98. The molecular weight excluding hydrogens is 438 g/mol. The van der Waals surface area contributed by atoms with Gasteiger partial charge >= 0.3 is 5.69 Å². The van der Waals surface area contributed by atoms with Gasteiger partial charge in [-0.1, -0.05) is 12.1 Å². The summed E-state index contributed by atoms with van der Waals surface area (Å²) < 4.78 is 14.1. The third-order valence-electron chi connectivity index (χ3n) is 6.89. The van der Waals surface area contributed by atoms with Crippen molar-refractivity contribution in [1.82, 2.24) is 24.1 Å². The summed E-state index contributed by atoms with van der Waals surface area (Å²) in [4.78, 5) is 22.8. The maximum atomic E-state index is 13.4. The predicted molar refractivity (Wildman–Crippen MR) is 127 cm³/mol. The molecule has 0 bridgehead atoms. The fourth-order valence-corrected chi connectivity index (χ4v) is 6.39. The first-order valence-electron chi connectivity index (χ1n) is 11.5. The van der Waals surface area contributed by atoms with E-state index in [0.717, 1.165) is 73.6 Å². The van der Waals surface area contributed by atoms with Crippen molar-refractivity contribution in [2.45, 2.75) is 32.4 Å². The van der Waals surface area contributed by atoms with Gasteiger partial charge in [-0.2, -0.15) is 9.61 Å². The number of methoxy groups -OCH3 is 1. The second kappa shape index (κ2) is 8.55. The number of thiophene rings is 1. The number of rotatable bonds is 5. The molecule has 33 heavy (non-hydrogen) atoms. The highest BCUT2D eigenvalue weighted by Gasteiger charge is 2.27. The average molecular weight is 466 g/mol. The van der Waals surface area contributed by atoms with Gasteiger partial charge in [0.1, 0.15) is 16.9 Å². The van der Waals surface area contributed by atoms with Crippen molar-refractivity contribution in [2.75, 3.05) is 33.4 Å². The third-order valence-corrected chi connectivity index (χ3v) is 8.21. The lowest BCUT2D eigenvalue weighted by molar-refractivity contribution is 0.0508. The molecule has 2 aliphatic heterocycles. The quantitative estimate of drug-likeness (QED) is 0.451. The van der Waals surface area contributed by atoms with E-state index in [9.17, 15) is 4.79 Å². The van der Waals surface area contributed by atoms with E-state index in [1.807, 2.05) is 28.8 Å². The number of benzene rings is 1. The molecule has 0 radical (unpaired) electrons. The molecule has 5 heterocycles. The molecule has 0 spiro atoms. The molecule has 1 fully saturated rings. The highest BCUT2D eigenvalue weighted by Crippen LogP contribution is 2.37. The minimum absolute atomic E-state index is 0.150. The summed E-state index contributed by atoms with van der Waals surface area (Å²) in [5.74, 6) is 1.51. The van der Waals surface area contributed by atoms with E-state index in [4.69, 9.17) is 9.47 Å². The first-order valence-corrected chi connectivity index (χ1v) is 12.3. The lowest BCUT2D eigenvalue weighted by Gasteiger charge is -2.32. The Bertz CT molecular complexity index is 1350. The first kappa shape index (κ1) is 20.8. The molecular formula is C24H27N5O3S. The molecule has 0 saturated carbocycles. The molecule has 0 amide bonds. The number of hydrogen-bond acceptors (Lipinski definition) is 7. The standard InChI is InChI=1S/C24H27N5O3S/c1-31-18-4-2-16(3-5-18)13-28-23-21(22-25-15-26-29(22)24(28)30)19-14-27(9-6-20(19)33-23)12-17-7-10-32-11-8-17/h2-5,15,17H,6-14H2,1H3. The van der Waals surface area contributed by atoms with Gasteiger partial charge < -0.3 is 9.47 Å². The van der Waals surface area contributed by atoms with Crippen LogP contribution in [0.3, 0.4) is 0 Å². The van der Waals surface area contributed by atoms with Crippen LogP contribution in [-0.2, 0) is 24.2 Å². The molecule has 2 aliphatic rings. The third kappa shape index (κ3) is 3.74. The second-order valence-electron chi connectivity index (χ2n) is 8.94. The zero-order chi connectivity index (χ0) is 22.4. The number of fused-ring (bicyclic) bond motifs is 5. The van der Waals surface area contributed by atoms with Gasteiger partial charge in [0.15, 0.2) is 5.65 Å². The topological polar surface area (TPSA) is 73.9 Å². The molecule has 9 heteroatoms. The highest BCUT2D eigenvalue weighted by molar-refractivity contribution is 7.19. The Morgan fingerprint density at radius 3 is 2.82 bits per heavy atom. The average Bonchev–Trinajstić information content (AvgIpc) is 3.47. The van der Waals surface area contributed by atoms with E-state index in [2.05, 4.69) is 15.0 Å². The molecule has 172 valence electrons. The monoisotopic (exact) mass is 465 g/mol. The summed E-state index contributed by atoms with van der Waals surface area (Å²) >= 11 is 1.74. The van der Waals surface area contributed by atoms with Gasteiger partial charge in [-0.3, -0.25) is 9.47 Å². The van der Waals surface area contributed by atoms with Crippen LogP contribution in [0.15, 0.2) is 35.4 Å². The van der Waals surface area contributed by atoms with Gasteiger partial charge in [-0.15, -0.1) is 11.3 Å². The molecule has 0 unspecified atom stereocenters. The van der Waals surface area contributed by atoms with E-state index < -0.39 is 0 Å². The van der Waals surface area contributed by atoms with Gasteiger partial charge in [0.25, 0.3) is 0 Å². The van der Waals surface area contributed by atoms with Crippen molar-refractivity contribution in [1.29, 1.82) is 0 Å². The predicted octanol–water partition coefficient (Wildman–Crippen LogP) is 2.95. The minimum atomic E-state index is -0.150. The Kier molecular flexibility index (Phi) is 5.40. The molecule has 0 atom stereocenters. The Morgan fingerprint density at radius 1 is 1.21 bits per heavy atom. The van der Waals surface area contributed by atoms with Crippen LogP contribution < -0.4 is 10.4 Å². The lowest BCUT2D eigenvalue weighted by Crippen LogP contribution is -2.36. The van der Waals surface area contributed by atoms with Crippen LogP contribution >= 0.6 is 11.3 Å². The van der Waals surface area contributed by atoms with E-state index in [1.165, 1.54) is 21.3 Å². The molecule has 0 aliphatic carbocycles. The summed E-state index contributed by atoms with van der Waals surface area (Å²) in [5, 5.41) is 5.35. The van der Waals surface area contributed by atoms with Crippen LogP contribution in [0.1, 0.15) is 28.8 Å². The van der Waals surface area contributed by atoms with Crippen molar-refractivity contribution in [3.8, 4) is 5.75 Å². The first-order chi connectivity index (χ1) is 16.2. The van der Waals surface area contributed by atoms with Crippen molar-refractivity contribution >= 4 is 27.2 Å². The van der Waals surface area contributed by atoms with Gasteiger partial charge in [0.05, 0.1) is 19.0 Å². The summed E-state index contributed by atoms with van der Waals surface area (Å²) in [6.07, 6.45) is 4.78.